The Morgan fingerprint density at radius 2 is 1.96 bits per heavy atom. The number of halogens is 1. The number of carbonyl (C=O) groups is 1. The van der Waals surface area contributed by atoms with Crippen molar-refractivity contribution in [1.82, 2.24) is 10.2 Å². The molecule has 1 N–H and O–H groups in total. The van der Waals surface area contributed by atoms with Crippen molar-refractivity contribution in [2.24, 2.45) is 5.92 Å². The van der Waals surface area contributed by atoms with Crippen LogP contribution in [0.15, 0.2) is 24.3 Å². The number of amides is 2. The lowest BCUT2D eigenvalue weighted by Gasteiger charge is -2.38. The summed E-state index contributed by atoms with van der Waals surface area (Å²) >= 11 is 0. The molecule has 2 saturated heterocycles. The zero-order valence-corrected chi connectivity index (χ0v) is 14.5. The van der Waals surface area contributed by atoms with Gasteiger partial charge < -0.3 is 19.7 Å². The third-order valence-electron chi connectivity index (χ3n) is 5.41. The monoisotopic (exact) mass is 348 g/mol. The van der Waals surface area contributed by atoms with Crippen LogP contribution in [-0.2, 0) is 9.47 Å². The first-order valence-corrected chi connectivity index (χ1v) is 9.17. The Hall–Kier alpha value is -1.66. The number of likely N-dealkylation sites (tertiary alicyclic amines) is 1. The Labute approximate surface area is 147 Å². The molecule has 1 aromatic rings. The largest absolute Gasteiger partial charge is 0.347 e. The molecule has 2 heterocycles. The van der Waals surface area contributed by atoms with Gasteiger partial charge in [0.05, 0.1) is 18.8 Å². The molecule has 0 radical (unpaired) electrons. The molecule has 1 saturated carbocycles. The van der Waals surface area contributed by atoms with E-state index in [9.17, 15) is 9.18 Å². The van der Waals surface area contributed by atoms with E-state index in [1.165, 1.54) is 12.1 Å². The van der Waals surface area contributed by atoms with E-state index in [2.05, 4.69) is 5.32 Å². The van der Waals surface area contributed by atoms with Gasteiger partial charge in [-0.05, 0) is 43.4 Å². The Balaban J connectivity index is 1.37. The zero-order chi connectivity index (χ0) is 17.4. The Bertz CT molecular complexity index is 624. The van der Waals surface area contributed by atoms with E-state index in [-0.39, 0.29) is 24.0 Å². The van der Waals surface area contributed by atoms with Crippen LogP contribution in [0.3, 0.4) is 0 Å². The van der Waals surface area contributed by atoms with Crippen molar-refractivity contribution in [3.05, 3.63) is 35.6 Å². The molecule has 2 amide bonds. The quantitative estimate of drug-likeness (QED) is 0.912. The highest BCUT2D eigenvalue weighted by Crippen LogP contribution is 2.41. The molecule has 3 aliphatic rings. The number of carbonyl (C=O) groups excluding carboxylic acids is 1. The summed E-state index contributed by atoms with van der Waals surface area (Å²) in [5.74, 6) is -0.298. The molecule has 4 rings (SSSR count). The summed E-state index contributed by atoms with van der Waals surface area (Å²) < 4.78 is 24.9. The lowest BCUT2D eigenvalue weighted by Crippen LogP contribution is -2.51. The van der Waals surface area contributed by atoms with Gasteiger partial charge >= 0.3 is 6.03 Å². The molecule has 3 fully saturated rings. The summed E-state index contributed by atoms with van der Waals surface area (Å²) in [6.07, 6.45) is 3.74. The molecule has 1 aromatic carbocycles. The van der Waals surface area contributed by atoms with E-state index in [0.29, 0.717) is 38.5 Å². The third-order valence-corrected chi connectivity index (χ3v) is 5.41. The highest BCUT2D eigenvalue weighted by atomic mass is 19.1. The predicted octanol–water partition coefficient (Wildman–Crippen LogP) is 3.21. The minimum Gasteiger partial charge on any atom is -0.347 e. The lowest BCUT2D eigenvalue weighted by molar-refractivity contribution is -0.189. The Morgan fingerprint density at radius 1 is 1.28 bits per heavy atom. The molecule has 2 aliphatic heterocycles. The highest BCUT2D eigenvalue weighted by Gasteiger charge is 2.44. The molecule has 136 valence electrons. The number of hydrogen-bond acceptors (Lipinski definition) is 3. The van der Waals surface area contributed by atoms with E-state index < -0.39 is 5.79 Å². The normalized spacial score (nSPS) is 26.6. The standard InChI is InChI=1S/C19H25FN2O3/c1-13-12-24-19(25-13)8-10-22(11-9-19)18(23)21-17(14-2-3-14)15-4-6-16(20)7-5-15/h4-7,13-14,17H,2-3,8-12H2,1H3,(H,21,23)/t13-,17-/m0/s1. The average Bonchev–Trinajstić information content (AvgIpc) is 3.39. The number of nitrogens with zero attached hydrogens (tertiary/aromatic N) is 1. The van der Waals surface area contributed by atoms with Gasteiger partial charge in [-0.1, -0.05) is 12.1 Å². The van der Waals surface area contributed by atoms with Gasteiger partial charge in [0.15, 0.2) is 5.79 Å². The summed E-state index contributed by atoms with van der Waals surface area (Å²) in [5.41, 5.74) is 0.974. The topological polar surface area (TPSA) is 50.8 Å². The Kier molecular flexibility index (Phi) is 4.41. The zero-order valence-electron chi connectivity index (χ0n) is 14.5. The third kappa shape index (κ3) is 3.65. The average molecular weight is 348 g/mol. The van der Waals surface area contributed by atoms with Gasteiger partial charge in [0.2, 0.25) is 0 Å². The van der Waals surface area contributed by atoms with E-state index in [0.717, 1.165) is 18.4 Å². The van der Waals surface area contributed by atoms with Crippen molar-refractivity contribution >= 4 is 6.03 Å². The van der Waals surface area contributed by atoms with E-state index in [1.807, 2.05) is 11.8 Å². The fraction of sp³-hybridized carbons (Fsp3) is 0.632. The number of hydrogen-bond donors (Lipinski definition) is 1. The second kappa shape index (κ2) is 6.57. The van der Waals surface area contributed by atoms with Crippen molar-refractivity contribution in [2.75, 3.05) is 19.7 Å². The maximum atomic E-state index is 13.2. The minimum absolute atomic E-state index is 0.0389. The van der Waals surface area contributed by atoms with Crippen LogP contribution in [0.2, 0.25) is 0 Å². The van der Waals surface area contributed by atoms with Crippen molar-refractivity contribution in [3.8, 4) is 0 Å². The molecule has 5 nitrogen and oxygen atoms in total. The van der Waals surface area contributed by atoms with Crippen LogP contribution in [0.1, 0.15) is 44.2 Å². The highest BCUT2D eigenvalue weighted by molar-refractivity contribution is 5.75. The number of ether oxygens (including phenoxy) is 2. The first-order chi connectivity index (χ1) is 12.0. The van der Waals surface area contributed by atoms with Gasteiger partial charge in [-0.25, -0.2) is 9.18 Å². The second-order valence-corrected chi connectivity index (χ2v) is 7.45. The summed E-state index contributed by atoms with van der Waals surface area (Å²) in [6.45, 7) is 3.88. The van der Waals surface area contributed by atoms with Crippen molar-refractivity contribution < 1.29 is 18.7 Å². The summed E-state index contributed by atoms with van der Waals surface area (Å²) in [5, 5.41) is 3.16. The molecular weight excluding hydrogens is 323 g/mol. The molecule has 0 unspecified atom stereocenters. The summed E-state index contributed by atoms with van der Waals surface area (Å²) in [6, 6.07) is 6.36. The van der Waals surface area contributed by atoms with Crippen molar-refractivity contribution in [2.45, 2.75) is 50.5 Å². The van der Waals surface area contributed by atoms with E-state index in [4.69, 9.17) is 9.47 Å². The van der Waals surface area contributed by atoms with Gasteiger partial charge in [0.1, 0.15) is 5.82 Å². The van der Waals surface area contributed by atoms with Crippen molar-refractivity contribution in [1.29, 1.82) is 0 Å². The first kappa shape index (κ1) is 16.8. The van der Waals surface area contributed by atoms with Gasteiger partial charge in [-0.3, -0.25) is 0 Å². The van der Waals surface area contributed by atoms with Crippen LogP contribution in [0.5, 0.6) is 0 Å². The fourth-order valence-electron chi connectivity index (χ4n) is 3.81. The van der Waals surface area contributed by atoms with Crippen LogP contribution >= 0.6 is 0 Å². The fourth-order valence-corrected chi connectivity index (χ4v) is 3.81. The van der Waals surface area contributed by atoms with Gasteiger partial charge in [-0.2, -0.15) is 0 Å². The first-order valence-electron chi connectivity index (χ1n) is 9.17. The summed E-state index contributed by atoms with van der Waals surface area (Å²) in [4.78, 5) is 14.5. The van der Waals surface area contributed by atoms with Crippen LogP contribution in [0, 0.1) is 11.7 Å². The minimum atomic E-state index is -0.497. The number of urea groups is 1. The predicted molar refractivity (Wildman–Crippen MR) is 90.4 cm³/mol. The number of benzene rings is 1. The molecule has 0 aromatic heterocycles. The Morgan fingerprint density at radius 3 is 2.52 bits per heavy atom. The molecule has 0 bridgehead atoms. The molecule has 2 atom stereocenters. The molecule has 25 heavy (non-hydrogen) atoms. The SMILES string of the molecule is C[C@H]1COC2(CCN(C(=O)N[C@H](c3ccc(F)cc3)C3CC3)CC2)O1. The van der Waals surface area contributed by atoms with Gasteiger partial charge in [0.25, 0.3) is 0 Å². The van der Waals surface area contributed by atoms with Gasteiger partial charge in [0, 0.05) is 25.9 Å². The van der Waals surface area contributed by atoms with E-state index in [1.54, 1.807) is 12.1 Å². The van der Waals surface area contributed by atoms with Crippen LogP contribution in [0.25, 0.3) is 0 Å². The second-order valence-electron chi connectivity index (χ2n) is 7.45. The summed E-state index contributed by atoms with van der Waals surface area (Å²) in [7, 11) is 0. The van der Waals surface area contributed by atoms with Gasteiger partial charge in [-0.15, -0.1) is 0 Å². The maximum Gasteiger partial charge on any atom is 0.317 e. The smallest absolute Gasteiger partial charge is 0.317 e. The van der Waals surface area contributed by atoms with Crippen LogP contribution in [-0.4, -0.2) is 42.5 Å². The van der Waals surface area contributed by atoms with Crippen LogP contribution in [0.4, 0.5) is 9.18 Å². The maximum absolute atomic E-state index is 13.2. The molecular formula is C19H25FN2O3. The van der Waals surface area contributed by atoms with Crippen LogP contribution < -0.4 is 5.32 Å². The molecule has 1 aliphatic carbocycles. The van der Waals surface area contributed by atoms with Crippen molar-refractivity contribution in [3.63, 3.8) is 0 Å². The molecule has 1 spiro atoms. The lowest BCUT2D eigenvalue weighted by atomic mass is 10.0. The van der Waals surface area contributed by atoms with E-state index >= 15 is 0 Å². The number of piperidine rings is 1. The molecule has 6 heteroatoms. The number of nitrogens with one attached hydrogen (secondary N) is 1. The number of rotatable bonds is 3.